The van der Waals surface area contributed by atoms with Gasteiger partial charge >= 0.3 is 0 Å². The highest BCUT2D eigenvalue weighted by Gasteiger charge is 2.18. The molecular formula is C13H18N4O2S. The lowest BCUT2D eigenvalue weighted by atomic mass is 10.2. The molecule has 0 fully saturated rings. The molecule has 0 bridgehead atoms. The first-order chi connectivity index (χ1) is 9.55. The number of rotatable bonds is 5. The second kappa shape index (κ2) is 6.15. The molecular weight excluding hydrogens is 276 g/mol. The van der Waals surface area contributed by atoms with Gasteiger partial charge in [0.2, 0.25) is 0 Å². The Kier molecular flexibility index (Phi) is 4.51. The third kappa shape index (κ3) is 3.05. The molecule has 0 aliphatic rings. The van der Waals surface area contributed by atoms with Gasteiger partial charge in [-0.05, 0) is 13.3 Å². The molecule has 108 valence electrons. The fourth-order valence-corrected chi connectivity index (χ4v) is 2.73. The van der Waals surface area contributed by atoms with Crippen LogP contribution in [0.1, 0.15) is 28.7 Å². The van der Waals surface area contributed by atoms with Crippen LogP contribution in [0.15, 0.2) is 12.4 Å². The number of aryl methyl sites for hydroxylation is 2. The minimum absolute atomic E-state index is 0.0600. The van der Waals surface area contributed by atoms with E-state index in [4.69, 9.17) is 5.11 Å². The van der Waals surface area contributed by atoms with E-state index in [0.717, 1.165) is 10.6 Å². The van der Waals surface area contributed by atoms with E-state index >= 15 is 0 Å². The van der Waals surface area contributed by atoms with E-state index in [1.165, 1.54) is 11.3 Å². The predicted molar refractivity (Wildman–Crippen MR) is 77.7 cm³/mol. The van der Waals surface area contributed by atoms with E-state index in [1.807, 2.05) is 27.1 Å². The van der Waals surface area contributed by atoms with Gasteiger partial charge < -0.3 is 10.4 Å². The standard InChI is InChI=1S/C13H18N4O2S/c1-4-10(7-18)16-12(19)11-8(2)15-13(20-11)9-5-14-17(3)6-9/h5-6,10,18H,4,7H2,1-3H3,(H,16,19). The lowest BCUT2D eigenvalue weighted by molar-refractivity contribution is 0.0918. The van der Waals surface area contributed by atoms with Crippen LogP contribution in [0, 0.1) is 6.92 Å². The SMILES string of the molecule is CCC(CO)NC(=O)c1sc(-c2cnn(C)c2)nc1C. The predicted octanol–water partition coefficient (Wildman–Crippen LogP) is 1.35. The summed E-state index contributed by atoms with van der Waals surface area (Å²) in [5.74, 6) is -0.184. The minimum Gasteiger partial charge on any atom is -0.394 e. The number of aromatic nitrogens is 3. The number of hydrogen-bond acceptors (Lipinski definition) is 5. The summed E-state index contributed by atoms with van der Waals surface area (Å²) < 4.78 is 1.70. The molecule has 1 atom stereocenters. The molecule has 2 heterocycles. The van der Waals surface area contributed by atoms with Crippen molar-refractivity contribution in [2.45, 2.75) is 26.3 Å². The Morgan fingerprint density at radius 2 is 2.35 bits per heavy atom. The van der Waals surface area contributed by atoms with E-state index < -0.39 is 0 Å². The van der Waals surface area contributed by atoms with Crippen molar-refractivity contribution >= 4 is 17.2 Å². The van der Waals surface area contributed by atoms with Crippen molar-refractivity contribution in [3.8, 4) is 10.6 Å². The molecule has 6 nitrogen and oxygen atoms in total. The Morgan fingerprint density at radius 1 is 1.60 bits per heavy atom. The first kappa shape index (κ1) is 14.7. The maximum atomic E-state index is 12.2. The molecule has 20 heavy (non-hydrogen) atoms. The zero-order valence-electron chi connectivity index (χ0n) is 11.8. The Balaban J connectivity index is 2.21. The average molecular weight is 294 g/mol. The van der Waals surface area contributed by atoms with Crippen molar-refractivity contribution in [2.75, 3.05) is 6.61 Å². The van der Waals surface area contributed by atoms with Gasteiger partial charge in [-0.3, -0.25) is 9.48 Å². The number of amides is 1. The van der Waals surface area contributed by atoms with Gasteiger partial charge in [-0.1, -0.05) is 6.92 Å². The van der Waals surface area contributed by atoms with E-state index in [0.29, 0.717) is 17.0 Å². The molecule has 2 rings (SSSR count). The van der Waals surface area contributed by atoms with Crippen molar-refractivity contribution < 1.29 is 9.90 Å². The monoisotopic (exact) mass is 294 g/mol. The number of nitrogens with zero attached hydrogens (tertiary/aromatic N) is 3. The molecule has 0 saturated carbocycles. The molecule has 0 aliphatic heterocycles. The summed E-state index contributed by atoms with van der Waals surface area (Å²) in [5.41, 5.74) is 1.59. The second-order valence-corrected chi connectivity index (χ2v) is 5.60. The topological polar surface area (TPSA) is 80.0 Å². The van der Waals surface area contributed by atoms with Crippen LogP contribution in [0.5, 0.6) is 0 Å². The number of hydrogen-bond donors (Lipinski definition) is 2. The molecule has 2 aromatic rings. The Bertz CT molecular complexity index is 601. The van der Waals surface area contributed by atoms with Crippen LogP contribution in [0.25, 0.3) is 10.6 Å². The summed E-state index contributed by atoms with van der Waals surface area (Å²) in [7, 11) is 1.84. The second-order valence-electron chi connectivity index (χ2n) is 4.60. The smallest absolute Gasteiger partial charge is 0.263 e. The lowest BCUT2D eigenvalue weighted by Crippen LogP contribution is -2.36. The molecule has 7 heteroatoms. The summed E-state index contributed by atoms with van der Waals surface area (Å²) in [6.07, 6.45) is 4.28. The number of carbonyl (C=O) groups is 1. The van der Waals surface area contributed by atoms with Gasteiger partial charge in [-0.25, -0.2) is 4.98 Å². The third-order valence-corrected chi connectivity index (χ3v) is 4.21. The van der Waals surface area contributed by atoms with Gasteiger partial charge in [0.25, 0.3) is 5.91 Å². The highest BCUT2D eigenvalue weighted by molar-refractivity contribution is 7.17. The van der Waals surface area contributed by atoms with Gasteiger partial charge in [-0.2, -0.15) is 5.10 Å². The quantitative estimate of drug-likeness (QED) is 0.872. The molecule has 0 aliphatic carbocycles. The number of aliphatic hydroxyl groups excluding tert-OH is 1. The van der Waals surface area contributed by atoms with Crippen molar-refractivity contribution in [1.82, 2.24) is 20.1 Å². The third-order valence-electron chi connectivity index (χ3n) is 3.00. The van der Waals surface area contributed by atoms with Gasteiger partial charge in [0.1, 0.15) is 9.88 Å². The lowest BCUT2D eigenvalue weighted by Gasteiger charge is -2.12. The Labute approximate surface area is 121 Å². The molecule has 1 amide bonds. The average Bonchev–Trinajstić information content (AvgIpc) is 3.01. The summed E-state index contributed by atoms with van der Waals surface area (Å²) >= 11 is 1.34. The first-order valence-electron chi connectivity index (χ1n) is 6.43. The summed E-state index contributed by atoms with van der Waals surface area (Å²) in [5, 5.41) is 16.8. The highest BCUT2D eigenvalue weighted by atomic mass is 32.1. The van der Waals surface area contributed by atoms with Crippen LogP contribution in [-0.4, -0.2) is 38.4 Å². The molecule has 2 aromatic heterocycles. The van der Waals surface area contributed by atoms with Gasteiger partial charge in [0, 0.05) is 18.8 Å². The largest absolute Gasteiger partial charge is 0.394 e. The summed E-state index contributed by atoms with van der Waals surface area (Å²) in [4.78, 5) is 17.2. The molecule has 1 unspecified atom stereocenters. The summed E-state index contributed by atoms with van der Waals surface area (Å²) in [6.45, 7) is 3.67. The van der Waals surface area contributed by atoms with Gasteiger partial charge in [-0.15, -0.1) is 11.3 Å². The Morgan fingerprint density at radius 3 is 2.90 bits per heavy atom. The number of thiazole rings is 1. The Hall–Kier alpha value is -1.73. The van der Waals surface area contributed by atoms with Crippen molar-refractivity contribution in [2.24, 2.45) is 7.05 Å². The van der Waals surface area contributed by atoms with E-state index in [2.05, 4.69) is 15.4 Å². The zero-order chi connectivity index (χ0) is 14.7. The molecule has 0 radical (unpaired) electrons. The number of aliphatic hydroxyl groups is 1. The van der Waals surface area contributed by atoms with Gasteiger partial charge in [0.15, 0.2) is 0 Å². The number of nitrogens with one attached hydrogen (secondary N) is 1. The number of carbonyl (C=O) groups excluding carboxylic acids is 1. The summed E-state index contributed by atoms with van der Waals surface area (Å²) in [6, 6.07) is -0.217. The molecule has 2 N–H and O–H groups in total. The van der Waals surface area contributed by atoms with Crippen molar-refractivity contribution in [1.29, 1.82) is 0 Å². The van der Waals surface area contributed by atoms with E-state index in [9.17, 15) is 4.79 Å². The van der Waals surface area contributed by atoms with Crippen LogP contribution in [0.2, 0.25) is 0 Å². The van der Waals surface area contributed by atoms with Crippen LogP contribution in [0.3, 0.4) is 0 Å². The van der Waals surface area contributed by atoms with Crippen LogP contribution in [-0.2, 0) is 7.05 Å². The molecule has 0 aromatic carbocycles. The molecule has 0 spiro atoms. The first-order valence-corrected chi connectivity index (χ1v) is 7.25. The maximum absolute atomic E-state index is 12.2. The van der Waals surface area contributed by atoms with Crippen LogP contribution < -0.4 is 5.32 Å². The zero-order valence-corrected chi connectivity index (χ0v) is 12.6. The fraction of sp³-hybridized carbons (Fsp3) is 0.462. The maximum Gasteiger partial charge on any atom is 0.263 e. The minimum atomic E-state index is -0.217. The normalized spacial score (nSPS) is 12.4. The molecule has 0 saturated heterocycles. The fourth-order valence-electron chi connectivity index (χ4n) is 1.79. The van der Waals surface area contributed by atoms with Crippen LogP contribution >= 0.6 is 11.3 Å². The van der Waals surface area contributed by atoms with Crippen molar-refractivity contribution in [3.05, 3.63) is 23.0 Å². The van der Waals surface area contributed by atoms with Gasteiger partial charge in [0.05, 0.1) is 24.5 Å². The van der Waals surface area contributed by atoms with Crippen molar-refractivity contribution in [3.63, 3.8) is 0 Å². The van der Waals surface area contributed by atoms with Crippen LogP contribution in [0.4, 0.5) is 0 Å². The van der Waals surface area contributed by atoms with E-state index in [1.54, 1.807) is 10.9 Å². The van der Waals surface area contributed by atoms with E-state index in [-0.39, 0.29) is 18.6 Å². The highest BCUT2D eigenvalue weighted by Crippen LogP contribution is 2.27.